The van der Waals surface area contributed by atoms with Gasteiger partial charge < -0.3 is 10.0 Å². The van der Waals surface area contributed by atoms with E-state index in [0.29, 0.717) is 28.6 Å². The van der Waals surface area contributed by atoms with E-state index < -0.39 is 23.9 Å². The molecule has 0 spiro atoms. The molecule has 5 atom stereocenters. The van der Waals surface area contributed by atoms with Crippen molar-refractivity contribution < 1.29 is 14.7 Å². The number of aromatic nitrogens is 2. The van der Waals surface area contributed by atoms with Gasteiger partial charge in [-0.3, -0.25) is 23.9 Å². The van der Waals surface area contributed by atoms with Crippen molar-refractivity contribution in [1.82, 2.24) is 14.5 Å². The highest BCUT2D eigenvalue weighted by atomic mass is 16.3. The van der Waals surface area contributed by atoms with Crippen LogP contribution in [0.2, 0.25) is 0 Å². The number of rotatable bonds is 3. The number of amides is 2. The molecule has 6 rings (SSSR count). The number of piperidine rings is 1. The van der Waals surface area contributed by atoms with Gasteiger partial charge in [0.25, 0.3) is 11.5 Å². The molecule has 3 aliphatic heterocycles. The number of nitrogens with zero attached hydrogens (tertiary/aromatic N) is 4. The summed E-state index contributed by atoms with van der Waals surface area (Å²) < 4.78 is 1.32. The molecule has 2 fully saturated rings. The molecule has 2 saturated heterocycles. The normalized spacial score (nSPS) is 28.9. The standard InChI is InChI=1S/C25H24N4O4/c1-3-14(2)20-23(32)28-18-11-7-5-9-16(18)25(33)12-19(22(31)29(20)24(25)28)27-13-26-17-10-6-4-8-15(17)21(27)30/h4-11,13-14,19-20,24,33H,3,12H2,1-2H3/t14-,19-,20?,24+,25-/m0/s1. The van der Waals surface area contributed by atoms with E-state index in [2.05, 4.69) is 4.98 Å². The molecule has 1 N–H and O–H groups in total. The van der Waals surface area contributed by atoms with Gasteiger partial charge >= 0.3 is 0 Å². The quantitative estimate of drug-likeness (QED) is 0.668. The van der Waals surface area contributed by atoms with Crippen LogP contribution < -0.4 is 10.5 Å². The monoisotopic (exact) mass is 444 g/mol. The molecule has 168 valence electrons. The second kappa shape index (κ2) is 6.74. The fraction of sp³-hybridized carbons (Fsp3) is 0.360. The molecule has 8 nitrogen and oxygen atoms in total. The molecule has 1 aromatic heterocycles. The Morgan fingerprint density at radius 2 is 1.82 bits per heavy atom. The van der Waals surface area contributed by atoms with Crippen LogP contribution in [-0.2, 0) is 15.2 Å². The molecule has 0 bridgehead atoms. The van der Waals surface area contributed by atoms with Crippen LogP contribution in [0, 0.1) is 5.92 Å². The molecule has 0 radical (unpaired) electrons. The van der Waals surface area contributed by atoms with Gasteiger partial charge in [-0.1, -0.05) is 50.6 Å². The summed E-state index contributed by atoms with van der Waals surface area (Å²) in [4.78, 5) is 48.4. The van der Waals surface area contributed by atoms with E-state index in [1.165, 1.54) is 15.8 Å². The third-order valence-corrected chi connectivity index (χ3v) is 7.61. The second-order valence-electron chi connectivity index (χ2n) is 9.29. The molecule has 4 heterocycles. The first-order valence-electron chi connectivity index (χ1n) is 11.3. The summed E-state index contributed by atoms with van der Waals surface area (Å²) in [6.45, 7) is 3.92. The summed E-state index contributed by atoms with van der Waals surface area (Å²) in [5.74, 6) is -0.623. The zero-order valence-corrected chi connectivity index (χ0v) is 18.4. The number of fused-ring (bicyclic) bond motifs is 4. The van der Waals surface area contributed by atoms with Gasteiger partial charge in [0.05, 0.1) is 22.9 Å². The molecule has 33 heavy (non-hydrogen) atoms. The molecular weight excluding hydrogens is 420 g/mol. The number of benzene rings is 2. The Bertz CT molecular complexity index is 1380. The maximum Gasteiger partial charge on any atom is 0.261 e. The Labute approximate surface area is 190 Å². The van der Waals surface area contributed by atoms with Crippen LogP contribution in [0.4, 0.5) is 5.69 Å². The number of hydrogen-bond donors (Lipinski definition) is 1. The van der Waals surface area contributed by atoms with Crippen LogP contribution in [0.15, 0.2) is 59.7 Å². The minimum Gasteiger partial charge on any atom is -0.381 e. The Balaban J connectivity index is 1.57. The summed E-state index contributed by atoms with van der Waals surface area (Å²) in [7, 11) is 0. The van der Waals surface area contributed by atoms with Crippen LogP contribution in [0.3, 0.4) is 0 Å². The van der Waals surface area contributed by atoms with Gasteiger partial charge in [-0.25, -0.2) is 4.98 Å². The molecule has 3 aromatic rings. The van der Waals surface area contributed by atoms with Crippen molar-refractivity contribution in [1.29, 1.82) is 0 Å². The van der Waals surface area contributed by atoms with Gasteiger partial charge in [-0.05, 0) is 24.1 Å². The Morgan fingerprint density at radius 3 is 2.61 bits per heavy atom. The number of aliphatic hydroxyl groups is 1. The van der Waals surface area contributed by atoms with Crippen molar-refractivity contribution in [2.45, 2.75) is 50.5 Å². The number of carbonyl (C=O) groups excluding carboxylic acids is 2. The van der Waals surface area contributed by atoms with E-state index in [9.17, 15) is 19.5 Å². The van der Waals surface area contributed by atoms with E-state index in [1.807, 2.05) is 32.0 Å². The summed E-state index contributed by atoms with van der Waals surface area (Å²) in [6.07, 6.45) is 1.25. The SMILES string of the molecule is CC[C@H](C)C1C(=O)N2c3ccccc3[C@@]3(O)C[C@H](n4cnc5ccccc5c4=O)C(=O)N1[C@@H]23. The molecule has 0 saturated carbocycles. The Morgan fingerprint density at radius 1 is 1.09 bits per heavy atom. The first-order valence-corrected chi connectivity index (χ1v) is 11.3. The van der Waals surface area contributed by atoms with Crippen molar-refractivity contribution in [3.63, 3.8) is 0 Å². The van der Waals surface area contributed by atoms with E-state index in [4.69, 9.17) is 0 Å². The molecule has 2 amide bonds. The average Bonchev–Trinajstić information content (AvgIpc) is 3.29. The first-order chi connectivity index (χ1) is 15.9. The van der Waals surface area contributed by atoms with Gasteiger partial charge in [0.15, 0.2) is 0 Å². The molecule has 0 aliphatic carbocycles. The maximum atomic E-state index is 13.9. The van der Waals surface area contributed by atoms with Crippen molar-refractivity contribution in [3.05, 3.63) is 70.8 Å². The summed E-state index contributed by atoms with van der Waals surface area (Å²) in [5, 5.41) is 12.5. The number of anilines is 1. The fourth-order valence-corrected chi connectivity index (χ4v) is 5.83. The van der Waals surface area contributed by atoms with Crippen LogP contribution in [0.25, 0.3) is 10.9 Å². The fourth-order valence-electron chi connectivity index (χ4n) is 5.83. The second-order valence-corrected chi connectivity index (χ2v) is 9.29. The number of para-hydroxylation sites is 2. The minimum atomic E-state index is -1.49. The van der Waals surface area contributed by atoms with Gasteiger partial charge in [-0.2, -0.15) is 0 Å². The lowest BCUT2D eigenvalue weighted by Crippen LogP contribution is -2.62. The highest BCUT2D eigenvalue weighted by Crippen LogP contribution is 2.56. The number of hydrogen-bond acceptors (Lipinski definition) is 5. The van der Waals surface area contributed by atoms with Crippen molar-refractivity contribution in [3.8, 4) is 0 Å². The average molecular weight is 444 g/mol. The molecular formula is C25H24N4O4. The lowest BCUT2D eigenvalue weighted by atomic mass is 9.81. The van der Waals surface area contributed by atoms with E-state index in [1.54, 1.807) is 35.2 Å². The lowest BCUT2D eigenvalue weighted by Gasteiger charge is -2.45. The van der Waals surface area contributed by atoms with Gasteiger partial charge in [-0.15, -0.1) is 0 Å². The van der Waals surface area contributed by atoms with E-state index in [0.717, 1.165) is 0 Å². The molecule has 1 unspecified atom stereocenters. The highest BCUT2D eigenvalue weighted by Gasteiger charge is 2.67. The molecule has 8 heteroatoms. The minimum absolute atomic E-state index is 0.0130. The third-order valence-electron chi connectivity index (χ3n) is 7.61. The van der Waals surface area contributed by atoms with Crippen molar-refractivity contribution >= 4 is 28.4 Å². The predicted molar refractivity (Wildman–Crippen MR) is 121 cm³/mol. The molecule has 2 aromatic carbocycles. The third kappa shape index (κ3) is 2.44. The van der Waals surface area contributed by atoms with Crippen molar-refractivity contribution in [2.24, 2.45) is 5.92 Å². The maximum absolute atomic E-state index is 13.9. The Kier molecular flexibility index (Phi) is 4.11. The zero-order valence-electron chi connectivity index (χ0n) is 18.4. The van der Waals surface area contributed by atoms with Crippen LogP contribution in [0.1, 0.15) is 38.3 Å². The molecule has 3 aliphatic rings. The van der Waals surface area contributed by atoms with Gasteiger partial charge in [0.1, 0.15) is 23.9 Å². The van der Waals surface area contributed by atoms with E-state index in [-0.39, 0.29) is 29.7 Å². The van der Waals surface area contributed by atoms with Crippen LogP contribution >= 0.6 is 0 Å². The predicted octanol–water partition coefficient (Wildman–Crippen LogP) is 2.16. The number of carbonyl (C=O) groups is 2. The highest BCUT2D eigenvalue weighted by molar-refractivity contribution is 6.07. The summed E-state index contributed by atoms with van der Waals surface area (Å²) in [6, 6.07) is 12.6. The van der Waals surface area contributed by atoms with Gasteiger partial charge in [0.2, 0.25) is 5.91 Å². The van der Waals surface area contributed by atoms with E-state index >= 15 is 0 Å². The van der Waals surface area contributed by atoms with Crippen molar-refractivity contribution in [2.75, 3.05) is 4.90 Å². The zero-order chi connectivity index (χ0) is 23.1. The summed E-state index contributed by atoms with van der Waals surface area (Å²) in [5.41, 5.74) is -0.0453. The first kappa shape index (κ1) is 20.1. The smallest absolute Gasteiger partial charge is 0.261 e. The largest absolute Gasteiger partial charge is 0.381 e. The Hall–Kier alpha value is -3.52. The topological polar surface area (TPSA) is 95.7 Å². The lowest BCUT2D eigenvalue weighted by molar-refractivity contribution is -0.160. The summed E-state index contributed by atoms with van der Waals surface area (Å²) >= 11 is 0. The van der Waals surface area contributed by atoms with Crippen LogP contribution in [-0.4, -0.2) is 43.6 Å². The van der Waals surface area contributed by atoms with Gasteiger partial charge in [0, 0.05) is 12.0 Å². The van der Waals surface area contributed by atoms with Crippen LogP contribution in [0.5, 0.6) is 0 Å².